The zero-order chi connectivity index (χ0) is 21.2. The van der Waals surface area contributed by atoms with Gasteiger partial charge in [0, 0.05) is 22.9 Å². The Morgan fingerprint density at radius 3 is 2.61 bits per heavy atom. The van der Waals surface area contributed by atoms with Crippen molar-refractivity contribution in [1.82, 2.24) is 4.90 Å². The lowest BCUT2D eigenvalue weighted by molar-refractivity contribution is 0.331. The first kappa shape index (κ1) is 19.9. The van der Waals surface area contributed by atoms with Crippen LogP contribution in [0.25, 0.3) is 21.9 Å². The third kappa shape index (κ3) is 3.97. The Labute approximate surface area is 183 Å². The highest BCUT2D eigenvalue weighted by Crippen LogP contribution is 2.36. The van der Waals surface area contributed by atoms with E-state index in [1.165, 1.54) is 37.1 Å². The molecule has 1 aliphatic rings. The van der Waals surface area contributed by atoms with Gasteiger partial charge in [0.2, 0.25) is 0 Å². The summed E-state index contributed by atoms with van der Waals surface area (Å²) in [5.74, 6) is 1.53. The molecular weight excluding hydrogens is 384 g/mol. The number of furan rings is 1. The van der Waals surface area contributed by atoms with E-state index >= 15 is 0 Å². The van der Waals surface area contributed by atoms with Crippen molar-refractivity contribution in [3.63, 3.8) is 0 Å². The van der Waals surface area contributed by atoms with Crippen LogP contribution in [-0.2, 0) is 6.54 Å². The summed E-state index contributed by atoms with van der Waals surface area (Å²) in [6, 6.07) is 22.7. The minimum absolute atomic E-state index is 0.414. The van der Waals surface area contributed by atoms with Crippen molar-refractivity contribution in [3.05, 3.63) is 89.9 Å². The number of hydrogen-bond acceptors (Lipinski definition) is 4. The van der Waals surface area contributed by atoms with Crippen molar-refractivity contribution in [3.8, 4) is 16.9 Å². The Morgan fingerprint density at radius 1 is 0.968 bits per heavy atom. The van der Waals surface area contributed by atoms with Crippen LogP contribution in [-0.4, -0.2) is 25.1 Å². The van der Waals surface area contributed by atoms with Gasteiger partial charge in [0.15, 0.2) is 0 Å². The average Bonchev–Trinajstić information content (AvgIpc) is 3.48. The lowest BCUT2D eigenvalue weighted by Crippen LogP contribution is -2.18. The van der Waals surface area contributed by atoms with Gasteiger partial charge < -0.3 is 14.9 Å². The van der Waals surface area contributed by atoms with Crippen LogP contribution in [0.3, 0.4) is 0 Å². The van der Waals surface area contributed by atoms with E-state index in [1.807, 2.05) is 30.3 Å². The molecule has 2 heterocycles. The molecule has 1 aliphatic heterocycles. The van der Waals surface area contributed by atoms with Gasteiger partial charge in [-0.1, -0.05) is 48.5 Å². The van der Waals surface area contributed by atoms with Gasteiger partial charge in [-0.15, -0.1) is 0 Å². The van der Waals surface area contributed by atoms with Gasteiger partial charge in [0.05, 0.1) is 19.4 Å². The molecule has 1 fully saturated rings. The van der Waals surface area contributed by atoms with Gasteiger partial charge in [-0.25, -0.2) is 0 Å². The van der Waals surface area contributed by atoms with Gasteiger partial charge in [-0.3, -0.25) is 4.90 Å². The van der Waals surface area contributed by atoms with E-state index in [1.54, 1.807) is 13.4 Å². The van der Waals surface area contributed by atoms with Gasteiger partial charge in [0.25, 0.3) is 0 Å². The fraction of sp³-hybridized carbons (Fsp3) is 0.259. The first-order chi connectivity index (χ1) is 15.2. The van der Waals surface area contributed by atoms with Crippen molar-refractivity contribution in [2.75, 3.05) is 20.2 Å². The summed E-state index contributed by atoms with van der Waals surface area (Å²) in [6.07, 6.45) is 4.38. The molecule has 1 saturated heterocycles. The highest BCUT2D eigenvalue weighted by atomic mass is 16.5. The van der Waals surface area contributed by atoms with Crippen LogP contribution in [0, 0.1) is 0 Å². The second-order valence-corrected chi connectivity index (χ2v) is 8.31. The zero-order valence-electron chi connectivity index (χ0n) is 17.9. The molecule has 2 N–H and O–H groups in total. The number of methoxy groups -OCH3 is 1. The normalized spacial score (nSPS) is 15.4. The van der Waals surface area contributed by atoms with E-state index < -0.39 is 6.04 Å². The predicted molar refractivity (Wildman–Crippen MR) is 125 cm³/mol. The Kier molecular flexibility index (Phi) is 5.49. The molecule has 1 unspecified atom stereocenters. The zero-order valence-corrected chi connectivity index (χ0v) is 17.9. The number of hydrogen-bond donors (Lipinski definition) is 1. The quantitative estimate of drug-likeness (QED) is 0.438. The molecule has 31 heavy (non-hydrogen) atoms. The Hall–Kier alpha value is -3.08. The molecule has 5 rings (SSSR count). The summed E-state index contributed by atoms with van der Waals surface area (Å²) < 4.78 is 11.5. The molecule has 0 amide bonds. The molecule has 158 valence electrons. The van der Waals surface area contributed by atoms with Crippen molar-refractivity contribution < 1.29 is 9.15 Å². The highest BCUT2D eigenvalue weighted by Gasteiger charge is 2.21. The second kappa shape index (κ2) is 8.58. The van der Waals surface area contributed by atoms with Crippen LogP contribution in [0.5, 0.6) is 5.75 Å². The first-order valence-corrected chi connectivity index (χ1v) is 10.9. The highest BCUT2D eigenvalue weighted by molar-refractivity contribution is 5.85. The van der Waals surface area contributed by atoms with Gasteiger partial charge >= 0.3 is 0 Å². The molecule has 0 saturated carbocycles. The Balaban J connectivity index is 1.50. The summed E-state index contributed by atoms with van der Waals surface area (Å²) in [6.45, 7) is 3.40. The van der Waals surface area contributed by atoms with Crippen LogP contribution in [0.4, 0.5) is 0 Å². The van der Waals surface area contributed by atoms with Crippen LogP contribution in [0.1, 0.15) is 35.8 Å². The van der Waals surface area contributed by atoms with Crippen molar-refractivity contribution in [2.45, 2.75) is 25.4 Å². The minimum Gasteiger partial charge on any atom is -0.496 e. The van der Waals surface area contributed by atoms with Crippen LogP contribution < -0.4 is 10.5 Å². The van der Waals surface area contributed by atoms with Crippen LogP contribution >= 0.6 is 0 Å². The lowest BCUT2D eigenvalue weighted by atomic mass is 9.95. The third-order valence-electron chi connectivity index (χ3n) is 6.25. The summed E-state index contributed by atoms with van der Waals surface area (Å²) in [5, 5.41) is 2.09. The van der Waals surface area contributed by atoms with Gasteiger partial charge in [0.1, 0.15) is 11.5 Å². The fourth-order valence-corrected chi connectivity index (χ4v) is 4.60. The Bertz CT molecular complexity index is 1190. The largest absolute Gasteiger partial charge is 0.496 e. The molecular formula is C27H28N2O2. The number of fused-ring (bicyclic) bond motifs is 1. The van der Waals surface area contributed by atoms with Crippen molar-refractivity contribution in [1.29, 1.82) is 0 Å². The van der Waals surface area contributed by atoms with Crippen LogP contribution in [0.2, 0.25) is 0 Å². The number of nitrogens with two attached hydrogens (primary N) is 1. The maximum Gasteiger partial charge on any atom is 0.132 e. The predicted octanol–water partition coefficient (Wildman–Crippen LogP) is 5.75. The molecule has 4 heteroatoms. The minimum atomic E-state index is -0.414. The van der Waals surface area contributed by atoms with E-state index in [9.17, 15) is 0 Å². The summed E-state index contributed by atoms with van der Waals surface area (Å²) in [7, 11) is 1.68. The molecule has 4 aromatic rings. The van der Waals surface area contributed by atoms with Crippen molar-refractivity contribution >= 4 is 10.8 Å². The smallest absolute Gasteiger partial charge is 0.132 e. The number of benzene rings is 3. The molecule has 0 bridgehead atoms. The van der Waals surface area contributed by atoms with Crippen LogP contribution in [0.15, 0.2) is 77.4 Å². The lowest BCUT2D eigenvalue weighted by Gasteiger charge is -2.17. The topological polar surface area (TPSA) is 51.6 Å². The maximum absolute atomic E-state index is 6.71. The van der Waals surface area contributed by atoms with E-state index in [2.05, 4.69) is 41.3 Å². The number of nitrogens with zero attached hydrogens (tertiary/aromatic N) is 1. The molecule has 4 nitrogen and oxygen atoms in total. The Morgan fingerprint density at radius 2 is 1.77 bits per heavy atom. The van der Waals surface area contributed by atoms with Gasteiger partial charge in [-0.05, 0) is 60.8 Å². The molecule has 1 atom stereocenters. The van der Waals surface area contributed by atoms with Gasteiger partial charge in [-0.2, -0.15) is 0 Å². The number of ether oxygens (including phenoxy) is 1. The van der Waals surface area contributed by atoms with Crippen molar-refractivity contribution in [2.24, 2.45) is 5.73 Å². The monoisotopic (exact) mass is 412 g/mol. The fourth-order valence-electron chi connectivity index (χ4n) is 4.60. The summed E-state index contributed by atoms with van der Waals surface area (Å²) in [5.41, 5.74) is 11.3. The summed E-state index contributed by atoms with van der Waals surface area (Å²) in [4.78, 5) is 2.52. The second-order valence-electron chi connectivity index (χ2n) is 8.31. The molecule has 0 aliphatic carbocycles. The SMILES string of the molecule is COc1ccc(-c2cccc(CN3CCCC3)c2)cc1C(N)c1occ2ccccc12. The molecule has 3 aromatic carbocycles. The van der Waals surface area contributed by atoms with E-state index in [0.29, 0.717) is 0 Å². The standard InChI is InChI=1S/C27H28N2O2/c1-30-25-12-11-21(20-9-6-7-19(15-20)17-29-13-4-5-14-29)16-24(25)26(28)27-23-10-3-2-8-22(23)18-31-27/h2-3,6-12,15-16,18,26H,4-5,13-14,17,28H2,1H3. The third-order valence-corrected chi connectivity index (χ3v) is 6.25. The molecule has 0 spiro atoms. The molecule has 0 radical (unpaired) electrons. The number of likely N-dealkylation sites (tertiary alicyclic amines) is 1. The maximum atomic E-state index is 6.71. The van der Waals surface area contributed by atoms with E-state index in [-0.39, 0.29) is 0 Å². The summed E-state index contributed by atoms with van der Waals surface area (Å²) >= 11 is 0. The van der Waals surface area contributed by atoms with E-state index in [0.717, 1.165) is 40.0 Å². The van der Waals surface area contributed by atoms with E-state index in [4.69, 9.17) is 14.9 Å². The molecule has 1 aromatic heterocycles. The number of rotatable bonds is 6. The average molecular weight is 413 g/mol. The first-order valence-electron chi connectivity index (χ1n) is 10.9.